The number of ether oxygens (including phenoxy) is 3. The third-order valence-corrected chi connectivity index (χ3v) is 11.6. The highest BCUT2D eigenvalue weighted by atomic mass is 19.1. The molecule has 0 saturated carbocycles. The number of benzene rings is 6. The molecular weight excluding hydrogens is 766 g/mol. The van der Waals surface area contributed by atoms with E-state index in [0.29, 0.717) is 12.1 Å². The lowest BCUT2D eigenvalue weighted by Gasteiger charge is -2.37. The van der Waals surface area contributed by atoms with Gasteiger partial charge in [0.1, 0.15) is 23.3 Å². The molecule has 2 aromatic heterocycles. The van der Waals surface area contributed by atoms with Crippen LogP contribution in [-0.2, 0) is 20.6 Å². The number of imidazole rings is 1. The minimum Gasteiger partial charge on any atom is -0.476 e. The van der Waals surface area contributed by atoms with Crippen LogP contribution in [0.15, 0.2) is 188 Å². The first kappa shape index (κ1) is 39.7. The Bertz CT molecular complexity index is 2480. The number of rotatable bonds is 14. The maximum atomic E-state index is 17.3. The molecule has 3 heterocycles. The highest BCUT2D eigenvalue weighted by Gasteiger charge is 2.56. The van der Waals surface area contributed by atoms with Crippen molar-refractivity contribution in [2.75, 3.05) is 18.5 Å². The topological polar surface area (TPSA) is 104 Å². The number of aliphatic hydroxyl groups excluding tert-OH is 1. The van der Waals surface area contributed by atoms with Gasteiger partial charge in [-0.25, -0.2) is 9.37 Å². The predicted octanol–water partition coefficient (Wildman–Crippen LogP) is 9.62. The number of fused-ring (bicyclic) bond motifs is 1. The first-order valence-corrected chi connectivity index (χ1v) is 20.5. The Morgan fingerprint density at radius 1 is 0.672 bits per heavy atom. The molecule has 0 amide bonds. The van der Waals surface area contributed by atoms with Crippen molar-refractivity contribution in [3.8, 4) is 5.88 Å². The van der Waals surface area contributed by atoms with Gasteiger partial charge in [0, 0.05) is 0 Å². The van der Waals surface area contributed by atoms with Gasteiger partial charge in [-0.2, -0.15) is 9.97 Å². The Morgan fingerprint density at radius 2 is 1.10 bits per heavy atom. The minimum atomic E-state index is -2.30. The smallest absolute Gasteiger partial charge is 0.247 e. The number of nitrogens with one attached hydrogen (secondary N) is 1. The molecule has 2 N–H and O–H groups in total. The standard InChI is InChI=1S/C51H46FN5O4/c1-3-59-46-43-45(54-48(55-46)56-50(36-22-10-4-11-23-36,37-24-12-5-13-25-37)38-26-14-6-15-27-38)57(35-53-43)47-49(2,52)44(58)42(61-47)34-60-51(39-28-16-7-17-29-39,40-30-18-8-19-31-40)41-32-20-9-21-33-41/h4-33,35,42,44,47,58H,3,34H2,1-2H3,(H,54,55,56)/t42-,44-,47-,49-/m1/s1. The first-order valence-electron chi connectivity index (χ1n) is 20.5. The zero-order valence-electron chi connectivity index (χ0n) is 33.9. The van der Waals surface area contributed by atoms with Crippen LogP contribution in [0.5, 0.6) is 5.88 Å². The summed E-state index contributed by atoms with van der Waals surface area (Å²) < 4.78 is 38.5. The molecule has 0 spiro atoms. The quantitative estimate of drug-likeness (QED) is 0.105. The van der Waals surface area contributed by atoms with Gasteiger partial charge in [0.2, 0.25) is 11.8 Å². The summed E-state index contributed by atoms with van der Waals surface area (Å²) >= 11 is 0. The van der Waals surface area contributed by atoms with E-state index in [1.165, 1.54) is 17.8 Å². The first-order chi connectivity index (χ1) is 29.9. The molecule has 1 aliphatic rings. The number of aromatic nitrogens is 4. The van der Waals surface area contributed by atoms with Crippen LogP contribution in [0.1, 0.15) is 53.5 Å². The van der Waals surface area contributed by atoms with E-state index in [2.05, 4.69) is 46.7 Å². The van der Waals surface area contributed by atoms with Gasteiger partial charge in [-0.05, 0) is 47.2 Å². The van der Waals surface area contributed by atoms with E-state index in [4.69, 9.17) is 24.2 Å². The second kappa shape index (κ2) is 16.7. The van der Waals surface area contributed by atoms with Crippen LogP contribution in [0.2, 0.25) is 0 Å². The van der Waals surface area contributed by atoms with E-state index >= 15 is 4.39 Å². The minimum absolute atomic E-state index is 0.151. The number of alkyl halides is 1. The van der Waals surface area contributed by atoms with Crippen molar-refractivity contribution in [2.24, 2.45) is 0 Å². The molecule has 8 aromatic rings. The Hall–Kier alpha value is -6.72. The predicted molar refractivity (Wildman–Crippen MR) is 234 cm³/mol. The van der Waals surface area contributed by atoms with Crippen LogP contribution >= 0.6 is 0 Å². The summed E-state index contributed by atoms with van der Waals surface area (Å²) in [4.78, 5) is 14.6. The van der Waals surface area contributed by atoms with E-state index in [1.807, 2.05) is 153 Å². The number of nitrogens with zero attached hydrogens (tertiary/aromatic N) is 4. The Kier molecular flexibility index (Phi) is 10.9. The van der Waals surface area contributed by atoms with Crippen molar-refractivity contribution in [3.63, 3.8) is 0 Å². The monoisotopic (exact) mass is 811 g/mol. The third kappa shape index (κ3) is 7.12. The molecule has 0 radical (unpaired) electrons. The molecule has 0 aliphatic carbocycles. The summed E-state index contributed by atoms with van der Waals surface area (Å²) in [5, 5.41) is 15.5. The SMILES string of the molecule is CCOc1nc(NC(c2ccccc2)(c2ccccc2)c2ccccc2)nc2c1ncn2[C@@H]1O[C@H](COC(c2ccccc2)(c2ccccc2)c2ccccc2)[C@@H](O)[C@@]1(C)F. The van der Waals surface area contributed by atoms with Gasteiger partial charge in [0.05, 0.1) is 19.5 Å². The van der Waals surface area contributed by atoms with Crippen LogP contribution in [0.25, 0.3) is 11.2 Å². The van der Waals surface area contributed by atoms with Gasteiger partial charge in [-0.3, -0.25) is 4.57 Å². The van der Waals surface area contributed by atoms with Gasteiger partial charge >= 0.3 is 0 Å². The molecule has 1 aliphatic heterocycles. The molecule has 1 fully saturated rings. The number of hydrogen-bond donors (Lipinski definition) is 2. The van der Waals surface area contributed by atoms with Crippen LogP contribution in [0, 0.1) is 0 Å². The van der Waals surface area contributed by atoms with Crippen molar-refractivity contribution in [1.29, 1.82) is 0 Å². The molecule has 4 atom stereocenters. The molecule has 6 aromatic carbocycles. The average molecular weight is 812 g/mol. The summed E-state index contributed by atoms with van der Waals surface area (Å²) in [5.41, 5.74) is 1.66. The fourth-order valence-corrected chi connectivity index (χ4v) is 8.63. The van der Waals surface area contributed by atoms with Gasteiger partial charge in [0.15, 0.2) is 23.1 Å². The van der Waals surface area contributed by atoms with Crippen molar-refractivity contribution in [3.05, 3.63) is 222 Å². The van der Waals surface area contributed by atoms with Crippen LogP contribution in [0.4, 0.5) is 10.3 Å². The van der Waals surface area contributed by atoms with Gasteiger partial charge in [0.25, 0.3) is 0 Å². The van der Waals surface area contributed by atoms with Crippen LogP contribution < -0.4 is 10.1 Å². The van der Waals surface area contributed by atoms with E-state index in [-0.39, 0.29) is 24.1 Å². The second-order valence-electron chi connectivity index (χ2n) is 15.3. The zero-order valence-corrected chi connectivity index (χ0v) is 33.9. The molecule has 10 heteroatoms. The van der Waals surface area contributed by atoms with Crippen molar-refractivity contribution in [1.82, 2.24) is 19.5 Å². The summed E-state index contributed by atoms with van der Waals surface area (Å²) in [6, 6.07) is 60.0. The maximum Gasteiger partial charge on any atom is 0.247 e. The summed E-state index contributed by atoms with van der Waals surface area (Å²) in [6.45, 7) is 3.34. The summed E-state index contributed by atoms with van der Waals surface area (Å²) in [5.74, 6) is 0.431. The van der Waals surface area contributed by atoms with Gasteiger partial charge < -0.3 is 24.6 Å². The number of aliphatic hydroxyl groups is 1. The van der Waals surface area contributed by atoms with E-state index in [1.54, 1.807) is 0 Å². The number of halogens is 1. The molecule has 0 bridgehead atoms. The fraction of sp³-hybridized carbons (Fsp3) is 0.196. The Morgan fingerprint density at radius 3 is 1.52 bits per heavy atom. The fourth-order valence-electron chi connectivity index (χ4n) is 8.63. The van der Waals surface area contributed by atoms with Crippen molar-refractivity contribution in [2.45, 2.75) is 49.1 Å². The molecule has 1 saturated heterocycles. The highest BCUT2D eigenvalue weighted by Crippen LogP contribution is 2.46. The van der Waals surface area contributed by atoms with E-state index in [0.717, 1.165) is 33.4 Å². The van der Waals surface area contributed by atoms with Gasteiger partial charge in [-0.1, -0.05) is 182 Å². The highest BCUT2D eigenvalue weighted by molar-refractivity contribution is 5.78. The summed E-state index contributed by atoms with van der Waals surface area (Å²) in [7, 11) is 0. The number of anilines is 1. The second-order valence-corrected chi connectivity index (χ2v) is 15.3. The van der Waals surface area contributed by atoms with E-state index in [9.17, 15) is 5.11 Å². The van der Waals surface area contributed by atoms with Crippen molar-refractivity contribution < 1.29 is 23.7 Å². The number of hydrogen-bond acceptors (Lipinski definition) is 8. The summed E-state index contributed by atoms with van der Waals surface area (Å²) in [6.07, 6.45) is -2.55. The van der Waals surface area contributed by atoms with E-state index < -0.39 is 35.2 Å². The average Bonchev–Trinajstić information content (AvgIpc) is 3.84. The lowest BCUT2D eigenvalue weighted by Crippen LogP contribution is -2.42. The molecule has 0 unspecified atom stereocenters. The lowest BCUT2D eigenvalue weighted by atomic mass is 9.77. The normalized spacial score (nSPS) is 19.2. The third-order valence-electron chi connectivity index (χ3n) is 11.6. The Labute approximate surface area is 354 Å². The Balaban J connectivity index is 1.12. The van der Waals surface area contributed by atoms with Crippen LogP contribution in [-0.4, -0.2) is 55.7 Å². The lowest BCUT2D eigenvalue weighted by molar-refractivity contribution is -0.0949. The molecule has 61 heavy (non-hydrogen) atoms. The van der Waals surface area contributed by atoms with Crippen LogP contribution in [0.3, 0.4) is 0 Å². The largest absolute Gasteiger partial charge is 0.476 e. The molecule has 306 valence electrons. The maximum absolute atomic E-state index is 17.3. The molecular formula is C51H46FN5O4. The molecule has 9 nitrogen and oxygen atoms in total. The molecule has 9 rings (SSSR count). The van der Waals surface area contributed by atoms with Crippen molar-refractivity contribution >= 4 is 17.1 Å². The zero-order chi connectivity index (χ0) is 41.9. The van der Waals surface area contributed by atoms with Gasteiger partial charge in [-0.15, -0.1) is 0 Å².